The number of hydrogen-bond acceptors (Lipinski definition) is 5. The Bertz CT molecular complexity index is 1230. The summed E-state index contributed by atoms with van der Waals surface area (Å²) in [5.74, 6) is -0.599. The van der Waals surface area contributed by atoms with E-state index in [-0.39, 0.29) is 5.92 Å². The molecule has 1 heterocycles. The normalized spacial score (nSPS) is 16.4. The highest BCUT2D eigenvalue weighted by molar-refractivity contribution is 6.31. The second kappa shape index (κ2) is 10.1. The topological polar surface area (TPSA) is 102 Å². The lowest BCUT2D eigenvalue weighted by Gasteiger charge is -2.19. The van der Waals surface area contributed by atoms with Gasteiger partial charge in [-0.1, -0.05) is 65.3 Å². The van der Waals surface area contributed by atoms with Crippen molar-refractivity contribution >= 4 is 34.9 Å². The summed E-state index contributed by atoms with van der Waals surface area (Å²) in [6.45, 7) is 3.46. The van der Waals surface area contributed by atoms with Gasteiger partial charge in [0.1, 0.15) is 17.5 Å². The zero-order valence-electron chi connectivity index (χ0n) is 18.9. The SMILES string of the molecule is Cc1onc(-c2ccc(C3=CCC(C(=O)O)CC3)cc2)c1NC(=O)OC(C)c1ccccc1Cl. The van der Waals surface area contributed by atoms with E-state index in [1.165, 1.54) is 0 Å². The van der Waals surface area contributed by atoms with Gasteiger partial charge in [0.2, 0.25) is 0 Å². The first kappa shape index (κ1) is 23.6. The fourth-order valence-electron chi connectivity index (χ4n) is 4.04. The van der Waals surface area contributed by atoms with Crippen LogP contribution in [-0.2, 0) is 9.53 Å². The Labute approximate surface area is 202 Å². The Hall–Kier alpha value is -3.58. The van der Waals surface area contributed by atoms with E-state index in [9.17, 15) is 14.7 Å². The molecule has 2 unspecified atom stereocenters. The molecule has 0 bridgehead atoms. The van der Waals surface area contributed by atoms with Gasteiger partial charge < -0.3 is 14.4 Å². The van der Waals surface area contributed by atoms with Gasteiger partial charge in [-0.2, -0.15) is 0 Å². The molecule has 8 heteroatoms. The Balaban J connectivity index is 1.47. The van der Waals surface area contributed by atoms with E-state index in [2.05, 4.69) is 10.5 Å². The maximum atomic E-state index is 12.6. The van der Waals surface area contributed by atoms with E-state index < -0.39 is 18.2 Å². The largest absolute Gasteiger partial charge is 0.481 e. The number of hydrogen-bond donors (Lipinski definition) is 2. The summed E-state index contributed by atoms with van der Waals surface area (Å²) >= 11 is 6.20. The summed E-state index contributed by atoms with van der Waals surface area (Å²) in [6.07, 6.45) is 2.71. The van der Waals surface area contributed by atoms with Gasteiger partial charge in [-0.3, -0.25) is 10.1 Å². The summed E-state index contributed by atoms with van der Waals surface area (Å²) < 4.78 is 10.8. The van der Waals surface area contributed by atoms with Gasteiger partial charge in [-0.05, 0) is 50.3 Å². The number of nitrogens with one attached hydrogen (secondary N) is 1. The van der Waals surface area contributed by atoms with Crippen LogP contribution in [0.15, 0.2) is 59.1 Å². The van der Waals surface area contributed by atoms with Gasteiger partial charge in [0, 0.05) is 16.1 Å². The molecule has 3 aromatic rings. The number of aryl methyl sites for hydroxylation is 1. The number of ether oxygens (including phenoxy) is 1. The van der Waals surface area contributed by atoms with Gasteiger partial charge in [-0.25, -0.2) is 4.79 Å². The number of carboxylic acids is 1. The van der Waals surface area contributed by atoms with Crippen molar-refractivity contribution in [1.29, 1.82) is 0 Å². The number of benzene rings is 2. The Kier molecular flexibility index (Phi) is 7.03. The molecule has 0 saturated carbocycles. The standard InChI is InChI=1S/C26H25ClN2O5/c1-15(21-5-3-4-6-22(21)27)33-26(32)28-23-16(2)34-29-24(23)19-11-7-17(8-12-19)18-9-13-20(14-10-18)25(30)31/h3-9,11-12,15,20H,10,13-14H2,1-2H3,(H,28,32)(H,30,31). The van der Waals surface area contributed by atoms with Crippen molar-refractivity contribution in [3.8, 4) is 11.3 Å². The summed E-state index contributed by atoms with van der Waals surface area (Å²) in [7, 11) is 0. The maximum Gasteiger partial charge on any atom is 0.412 e. The van der Waals surface area contributed by atoms with Crippen LogP contribution in [0.3, 0.4) is 0 Å². The summed E-state index contributed by atoms with van der Waals surface area (Å²) in [5, 5.41) is 16.6. The van der Waals surface area contributed by atoms with E-state index in [0.29, 0.717) is 40.6 Å². The lowest BCUT2D eigenvalue weighted by molar-refractivity contribution is -0.141. The summed E-state index contributed by atoms with van der Waals surface area (Å²) in [5.41, 5.74) is 4.59. The molecule has 1 aliphatic carbocycles. The van der Waals surface area contributed by atoms with Gasteiger partial charge in [0.15, 0.2) is 5.76 Å². The van der Waals surface area contributed by atoms with E-state index in [4.69, 9.17) is 20.9 Å². The van der Waals surface area contributed by atoms with Crippen LogP contribution in [-0.4, -0.2) is 22.3 Å². The van der Waals surface area contributed by atoms with Gasteiger partial charge >= 0.3 is 12.1 Å². The molecule has 176 valence electrons. The Morgan fingerprint density at radius 1 is 1.18 bits per heavy atom. The van der Waals surface area contributed by atoms with Crippen LogP contribution in [0.5, 0.6) is 0 Å². The molecule has 34 heavy (non-hydrogen) atoms. The molecule has 0 aliphatic heterocycles. The molecule has 2 N–H and O–H groups in total. The van der Waals surface area contributed by atoms with Gasteiger partial charge in [0.25, 0.3) is 0 Å². The first-order chi connectivity index (χ1) is 16.3. The molecule has 1 amide bonds. The molecule has 1 aromatic heterocycles. The van der Waals surface area contributed by atoms with Gasteiger partial charge in [-0.15, -0.1) is 0 Å². The Morgan fingerprint density at radius 2 is 1.88 bits per heavy atom. The fraction of sp³-hybridized carbons (Fsp3) is 0.269. The minimum absolute atomic E-state index is 0.310. The number of halogens is 1. The third-order valence-electron chi connectivity index (χ3n) is 6.01. The number of carbonyl (C=O) groups is 2. The van der Waals surface area contributed by atoms with E-state index >= 15 is 0 Å². The molecular weight excluding hydrogens is 456 g/mol. The molecule has 0 radical (unpaired) electrons. The van der Waals surface area contributed by atoms with E-state index in [1.54, 1.807) is 19.9 Å². The second-order valence-corrected chi connectivity index (χ2v) is 8.68. The van der Waals surface area contributed by atoms with Crippen molar-refractivity contribution in [3.63, 3.8) is 0 Å². The van der Waals surface area contributed by atoms with E-state index in [1.807, 2.05) is 48.5 Å². The van der Waals surface area contributed by atoms with Crippen molar-refractivity contribution in [1.82, 2.24) is 5.16 Å². The Morgan fingerprint density at radius 3 is 2.53 bits per heavy atom. The minimum Gasteiger partial charge on any atom is -0.481 e. The van der Waals surface area contributed by atoms with Crippen molar-refractivity contribution in [2.75, 3.05) is 5.32 Å². The molecule has 1 aliphatic rings. The van der Waals surface area contributed by atoms with Crippen LogP contribution in [0.4, 0.5) is 10.5 Å². The van der Waals surface area contributed by atoms with Crippen LogP contribution in [0.25, 0.3) is 16.8 Å². The van der Waals surface area contributed by atoms with Gasteiger partial charge in [0.05, 0.1) is 5.92 Å². The highest BCUT2D eigenvalue weighted by Crippen LogP contribution is 2.34. The molecule has 4 rings (SSSR count). The number of aromatic nitrogens is 1. The number of rotatable bonds is 6. The lowest BCUT2D eigenvalue weighted by atomic mass is 9.86. The number of amides is 1. The predicted molar refractivity (Wildman–Crippen MR) is 130 cm³/mol. The first-order valence-corrected chi connectivity index (χ1v) is 11.4. The smallest absolute Gasteiger partial charge is 0.412 e. The van der Waals surface area contributed by atoms with Crippen LogP contribution in [0.1, 0.15) is 49.2 Å². The number of anilines is 1. The fourth-order valence-corrected chi connectivity index (χ4v) is 4.33. The minimum atomic E-state index is -0.744. The quantitative estimate of drug-likeness (QED) is 0.398. The molecular formula is C26H25ClN2O5. The highest BCUT2D eigenvalue weighted by atomic mass is 35.5. The lowest BCUT2D eigenvalue weighted by Crippen LogP contribution is -2.17. The predicted octanol–water partition coefficient (Wildman–Crippen LogP) is 6.88. The van der Waals surface area contributed by atoms with Crippen LogP contribution >= 0.6 is 11.6 Å². The molecule has 0 saturated heterocycles. The maximum absolute atomic E-state index is 12.6. The van der Waals surface area contributed by atoms with Crippen molar-refractivity contribution in [3.05, 3.63) is 76.5 Å². The third-order valence-corrected chi connectivity index (χ3v) is 6.35. The molecule has 7 nitrogen and oxygen atoms in total. The zero-order chi connectivity index (χ0) is 24.2. The van der Waals surface area contributed by atoms with Crippen LogP contribution in [0.2, 0.25) is 5.02 Å². The summed E-state index contributed by atoms with van der Waals surface area (Å²) in [4.78, 5) is 23.7. The van der Waals surface area contributed by atoms with Crippen molar-refractivity contribution < 1.29 is 24.0 Å². The average molecular weight is 481 g/mol. The van der Waals surface area contributed by atoms with E-state index in [0.717, 1.165) is 23.1 Å². The third kappa shape index (κ3) is 5.15. The molecule has 2 atom stereocenters. The molecule has 2 aromatic carbocycles. The molecule has 0 fully saturated rings. The number of allylic oxidation sites excluding steroid dienone is 2. The van der Waals surface area contributed by atoms with Crippen molar-refractivity contribution in [2.45, 2.75) is 39.2 Å². The van der Waals surface area contributed by atoms with Crippen LogP contribution in [0, 0.1) is 12.8 Å². The first-order valence-electron chi connectivity index (χ1n) is 11.0. The zero-order valence-corrected chi connectivity index (χ0v) is 19.6. The van der Waals surface area contributed by atoms with Crippen molar-refractivity contribution in [2.24, 2.45) is 5.92 Å². The monoisotopic (exact) mass is 480 g/mol. The second-order valence-electron chi connectivity index (χ2n) is 8.27. The highest BCUT2D eigenvalue weighted by Gasteiger charge is 2.23. The number of carboxylic acid groups (broad SMARTS) is 1. The number of nitrogens with zero attached hydrogens (tertiary/aromatic N) is 1. The summed E-state index contributed by atoms with van der Waals surface area (Å²) in [6, 6.07) is 14.9. The van der Waals surface area contributed by atoms with Crippen LogP contribution < -0.4 is 5.32 Å². The number of carbonyl (C=O) groups excluding carboxylic acids is 1. The number of aliphatic carboxylic acids is 1. The average Bonchev–Trinajstić information content (AvgIpc) is 3.19. The molecule has 0 spiro atoms.